The molecule has 0 spiro atoms. The van der Waals surface area contributed by atoms with E-state index >= 15 is 0 Å². The van der Waals surface area contributed by atoms with E-state index in [0.29, 0.717) is 0 Å². The Morgan fingerprint density at radius 3 is 2.70 bits per heavy atom. The number of hydrogen-bond acceptors (Lipinski definition) is 3. The van der Waals surface area contributed by atoms with E-state index in [1.54, 1.807) is 12.3 Å². The number of alkyl halides is 3. The number of benzene rings is 1. The molecule has 0 radical (unpaired) electrons. The number of H-pyrrole nitrogens is 1. The zero-order valence-corrected chi connectivity index (χ0v) is 9.85. The predicted molar refractivity (Wildman–Crippen MR) is 64.5 cm³/mol. The molecule has 0 aliphatic rings. The summed E-state index contributed by atoms with van der Waals surface area (Å²) in [5.74, 6) is 0.146. The second-order valence-electron chi connectivity index (χ2n) is 4.07. The normalized spacial score (nSPS) is 11.9. The molecule has 0 bridgehead atoms. The van der Waals surface area contributed by atoms with Crippen molar-refractivity contribution < 1.29 is 13.2 Å². The van der Waals surface area contributed by atoms with Crippen LogP contribution in [0.25, 0.3) is 16.9 Å². The third-order valence-corrected chi connectivity index (χ3v) is 2.74. The Morgan fingerprint density at radius 2 is 2.05 bits per heavy atom. The first-order chi connectivity index (χ1) is 9.45. The molecule has 0 saturated heterocycles. The van der Waals surface area contributed by atoms with Crippen molar-refractivity contribution in [2.24, 2.45) is 0 Å². The minimum atomic E-state index is -4.50. The first-order valence-electron chi connectivity index (χ1n) is 5.56. The average Bonchev–Trinajstić information content (AvgIpc) is 2.91. The second kappa shape index (κ2) is 4.19. The highest BCUT2D eigenvalue weighted by Gasteiger charge is 2.30. The lowest BCUT2D eigenvalue weighted by molar-refractivity contribution is -0.137. The van der Waals surface area contributed by atoms with Crippen LogP contribution in [0.1, 0.15) is 5.56 Å². The standard InChI is InChI=1S/C12H7F3N4O/c13-12(14,15)7-2-3-9-8(6-7)10(20)18-11(17-9)19-5-1-4-16-19/h1-6H,(H,17,18,20). The molecule has 0 aliphatic heterocycles. The third-order valence-electron chi connectivity index (χ3n) is 2.74. The number of aromatic amines is 1. The molecule has 20 heavy (non-hydrogen) atoms. The molecule has 8 heteroatoms. The maximum Gasteiger partial charge on any atom is 0.416 e. The van der Waals surface area contributed by atoms with Crippen molar-refractivity contribution in [2.75, 3.05) is 0 Å². The van der Waals surface area contributed by atoms with Gasteiger partial charge < -0.3 is 0 Å². The number of hydrogen-bond donors (Lipinski definition) is 1. The number of fused-ring (bicyclic) bond motifs is 1. The molecule has 0 fully saturated rings. The second-order valence-corrected chi connectivity index (χ2v) is 4.07. The van der Waals surface area contributed by atoms with Crippen molar-refractivity contribution >= 4 is 10.9 Å². The summed E-state index contributed by atoms with van der Waals surface area (Å²) >= 11 is 0. The molecule has 3 aromatic rings. The van der Waals surface area contributed by atoms with Crippen molar-refractivity contribution in [1.82, 2.24) is 19.7 Å². The van der Waals surface area contributed by atoms with Gasteiger partial charge in [0.1, 0.15) is 0 Å². The van der Waals surface area contributed by atoms with Crippen LogP contribution in [0.2, 0.25) is 0 Å². The van der Waals surface area contributed by atoms with Crippen molar-refractivity contribution in [1.29, 1.82) is 0 Å². The van der Waals surface area contributed by atoms with Crippen LogP contribution in [0, 0.1) is 0 Å². The summed E-state index contributed by atoms with van der Waals surface area (Å²) in [6, 6.07) is 4.48. The molecule has 0 aliphatic carbocycles. The highest BCUT2D eigenvalue weighted by molar-refractivity contribution is 5.78. The number of halogens is 3. The van der Waals surface area contributed by atoms with Crippen LogP contribution in [0.15, 0.2) is 41.5 Å². The van der Waals surface area contributed by atoms with Gasteiger partial charge in [0.2, 0.25) is 5.95 Å². The fraction of sp³-hybridized carbons (Fsp3) is 0.0833. The monoisotopic (exact) mass is 280 g/mol. The minimum absolute atomic E-state index is 0.115. The molecule has 0 saturated carbocycles. The smallest absolute Gasteiger partial charge is 0.290 e. The summed E-state index contributed by atoms with van der Waals surface area (Å²) in [4.78, 5) is 18.3. The molecular formula is C12H7F3N4O. The van der Waals surface area contributed by atoms with E-state index in [9.17, 15) is 18.0 Å². The highest BCUT2D eigenvalue weighted by Crippen LogP contribution is 2.30. The van der Waals surface area contributed by atoms with Gasteiger partial charge in [0.25, 0.3) is 5.56 Å². The van der Waals surface area contributed by atoms with Crippen LogP contribution in [-0.2, 0) is 6.18 Å². The average molecular weight is 280 g/mol. The first-order valence-corrected chi connectivity index (χ1v) is 5.56. The molecule has 0 amide bonds. The van der Waals surface area contributed by atoms with Crippen molar-refractivity contribution in [3.8, 4) is 5.95 Å². The first kappa shape index (κ1) is 12.4. The minimum Gasteiger partial charge on any atom is -0.290 e. The van der Waals surface area contributed by atoms with Crippen molar-refractivity contribution in [2.45, 2.75) is 6.18 Å². The van der Waals surface area contributed by atoms with Crippen LogP contribution in [0.3, 0.4) is 0 Å². The van der Waals surface area contributed by atoms with Gasteiger partial charge in [-0.25, -0.2) is 9.67 Å². The maximum atomic E-state index is 12.6. The third kappa shape index (κ3) is 2.04. The Morgan fingerprint density at radius 1 is 1.25 bits per heavy atom. The van der Waals surface area contributed by atoms with Gasteiger partial charge in [-0.1, -0.05) is 0 Å². The predicted octanol–water partition coefficient (Wildman–Crippen LogP) is 2.13. The van der Waals surface area contributed by atoms with Gasteiger partial charge in [-0.05, 0) is 24.3 Å². The summed E-state index contributed by atoms with van der Waals surface area (Å²) in [6.45, 7) is 0. The summed E-state index contributed by atoms with van der Waals surface area (Å²) in [7, 11) is 0. The Balaban J connectivity index is 2.23. The highest BCUT2D eigenvalue weighted by atomic mass is 19.4. The molecule has 1 N–H and O–H groups in total. The summed E-state index contributed by atoms with van der Waals surface area (Å²) < 4.78 is 39.1. The summed E-state index contributed by atoms with van der Waals surface area (Å²) in [5, 5.41) is 3.78. The lowest BCUT2D eigenvalue weighted by Gasteiger charge is -2.07. The van der Waals surface area contributed by atoms with Gasteiger partial charge in [-0.2, -0.15) is 18.3 Å². The van der Waals surface area contributed by atoms with Gasteiger partial charge in [0.15, 0.2) is 0 Å². The quantitative estimate of drug-likeness (QED) is 0.742. The molecule has 3 rings (SSSR count). The lowest BCUT2D eigenvalue weighted by Crippen LogP contribution is -2.15. The number of nitrogens with zero attached hydrogens (tertiary/aromatic N) is 3. The van der Waals surface area contributed by atoms with Crippen LogP contribution in [-0.4, -0.2) is 19.7 Å². The maximum absolute atomic E-state index is 12.6. The van der Waals surface area contributed by atoms with Crippen molar-refractivity contribution in [3.63, 3.8) is 0 Å². The topological polar surface area (TPSA) is 63.6 Å². The van der Waals surface area contributed by atoms with Crippen LogP contribution >= 0.6 is 0 Å². The van der Waals surface area contributed by atoms with E-state index in [2.05, 4.69) is 15.1 Å². The fourth-order valence-electron chi connectivity index (χ4n) is 1.81. The Labute approximate surface area is 109 Å². The number of aromatic nitrogens is 4. The lowest BCUT2D eigenvalue weighted by atomic mass is 10.1. The fourth-order valence-corrected chi connectivity index (χ4v) is 1.81. The van der Waals surface area contributed by atoms with Gasteiger partial charge >= 0.3 is 6.18 Å². The van der Waals surface area contributed by atoms with E-state index in [4.69, 9.17) is 0 Å². The molecule has 1 aromatic carbocycles. The Kier molecular flexibility index (Phi) is 2.60. The van der Waals surface area contributed by atoms with E-state index in [1.807, 2.05) is 0 Å². The van der Waals surface area contributed by atoms with Gasteiger partial charge in [0, 0.05) is 12.4 Å². The van der Waals surface area contributed by atoms with Crippen LogP contribution in [0.5, 0.6) is 0 Å². The number of nitrogens with one attached hydrogen (secondary N) is 1. The van der Waals surface area contributed by atoms with Crippen LogP contribution < -0.4 is 5.56 Å². The Hall–Kier alpha value is -2.64. The van der Waals surface area contributed by atoms with E-state index in [0.717, 1.165) is 12.1 Å². The molecule has 2 aromatic heterocycles. The SMILES string of the molecule is O=c1[nH]c(-n2cccn2)nc2ccc(C(F)(F)F)cc12. The summed E-state index contributed by atoms with van der Waals surface area (Å²) in [5.41, 5.74) is -1.36. The van der Waals surface area contributed by atoms with Crippen molar-refractivity contribution in [3.05, 3.63) is 52.6 Å². The van der Waals surface area contributed by atoms with Crippen LogP contribution in [0.4, 0.5) is 13.2 Å². The molecule has 0 atom stereocenters. The molecule has 5 nitrogen and oxygen atoms in total. The Bertz CT molecular complexity index is 821. The summed E-state index contributed by atoms with van der Waals surface area (Å²) in [6.07, 6.45) is -1.44. The molecule has 2 heterocycles. The van der Waals surface area contributed by atoms with Gasteiger partial charge in [-0.3, -0.25) is 9.78 Å². The van der Waals surface area contributed by atoms with E-state index in [-0.39, 0.29) is 16.9 Å². The number of rotatable bonds is 1. The molecular weight excluding hydrogens is 273 g/mol. The zero-order valence-electron chi connectivity index (χ0n) is 9.85. The van der Waals surface area contributed by atoms with Gasteiger partial charge in [-0.15, -0.1) is 0 Å². The zero-order chi connectivity index (χ0) is 14.3. The van der Waals surface area contributed by atoms with E-state index in [1.165, 1.54) is 16.9 Å². The van der Waals surface area contributed by atoms with Gasteiger partial charge in [0.05, 0.1) is 16.5 Å². The largest absolute Gasteiger partial charge is 0.416 e. The molecule has 0 unspecified atom stereocenters. The van der Waals surface area contributed by atoms with E-state index < -0.39 is 17.3 Å². The molecule has 102 valence electrons.